The van der Waals surface area contributed by atoms with Crippen molar-refractivity contribution in [2.24, 2.45) is 11.1 Å². The molecule has 0 heterocycles. The van der Waals surface area contributed by atoms with E-state index in [4.69, 9.17) is 5.73 Å². The van der Waals surface area contributed by atoms with E-state index in [9.17, 15) is 4.79 Å². The summed E-state index contributed by atoms with van der Waals surface area (Å²) in [6.45, 7) is 6.32. The molecule has 80 valence electrons. The number of benzene rings is 1. The Balaban J connectivity index is 3.05. The van der Waals surface area contributed by atoms with Crippen molar-refractivity contribution in [1.82, 2.24) is 0 Å². The first-order valence-corrected chi connectivity index (χ1v) is 4.98. The Bertz CT molecular complexity index is 386. The lowest BCUT2D eigenvalue weighted by Crippen LogP contribution is -2.12. The van der Waals surface area contributed by atoms with Gasteiger partial charge in [-0.1, -0.05) is 51.1 Å². The SMILES string of the molecule is CC(C)(C)C=Cc1ccccc1C(N)=O. The molecule has 0 radical (unpaired) electrons. The van der Waals surface area contributed by atoms with Crippen LogP contribution in [0.2, 0.25) is 0 Å². The van der Waals surface area contributed by atoms with Crippen molar-refractivity contribution in [3.63, 3.8) is 0 Å². The average molecular weight is 203 g/mol. The molecule has 15 heavy (non-hydrogen) atoms. The number of hydrogen-bond donors (Lipinski definition) is 1. The second-order valence-electron chi connectivity index (χ2n) is 4.65. The molecule has 0 saturated heterocycles. The maximum atomic E-state index is 11.1. The molecule has 1 amide bonds. The fourth-order valence-electron chi connectivity index (χ4n) is 1.21. The summed E-state index contributed by atoms with van der Waals surface area (Å²) in [6, 6.07) is 7.34. The third kappa shape index (κ3) is 3.58. The molecule has 0 aromatic heterocycles. The quantitative estimate of drug-likeness (QED) is 0.789. The maximum absolute atomic E-state index is 11.1. The minimum Gasteiger partial charge on any atom is -0.366 e. The van der Waals surface area contributed by atoms with Crippen LogP contribution in [0.3, 0.4) is 0 Å². The number of carbonyl (C=O) groups is 1. The summed E-state index contributed by atoms with van der Waals surface area (Å²) in [5.74, 6) is -0.385. The number of rotatable bonds is 2. The van der Waals surface area contributed by atoms with Gasteiger partial charge in [-0.25, -0.2) is 0 Å². The maximum Gasteiger partial charge on any atom is 0.249 e. The summed E-state index contributed by atoms with van der Waals surface area (Å²) < 4.78 is 0. The summed E-state index contributed by atoms with van der Waals surface area (Å²) in [5, 5.41) is 0. The molecule has 0 spiro atoms. The van der Waals surface area contributed by atoms with Crippen LogP contribution in [0.15, 0.2) is 30.3 Å². The van der Waals surface area contributed by atoms with Gasteiger partial charge in [-0.15, -0.1) is 0 Å². The van der Waals surface area contributed by atoms with Gasteiger partial charge in [0.2, 0.25) is 5.91 Å². The molecule has 2 nitrogen and oxygen atoms in total. The minimum absolute atomic E-state index is 0.102. The summed E-state index contributed by atoms with van der Waals surface area (Å²) in [7, 11) is 0. The molecular weight excluding hydrogens is 186 g/mol. The van der Waals surface area contributed by atoms with E-state index in [0.29, 0.717) is 5.56 Å². The number of allylic oxidation sites excluding steroid dienone is 1. The highest BCUT2D eigenvalue weighted by atomic mass is 16.1. The zero-order valence-electron chi connectivity index (χ0n) is 9.45. The first-order chi connectivity index (χ1) is 6.90. The Kier molecular flexibility index (Phi) is 3.30. The Morgan fingerprint density at radius 2 is 1.87 bits per heavy atom. The highest BCUT2D eigenvalue weighted by Gasteiger charge is 2.07. The van der Waals surface area contributed by atoms with Crippen molar-refractivity contribution >= 4 is 12.0 Å². The van der Waals surface area contributed by atoms with Crippen LogP contribution in [0.1, 0.15) is 36.7 Å². The third-order valence-corrected chi connectivity index (χ3v) is 1.99. The van der Waals surface area contributed by atoms with Gasteiger partial charge in [0.1, 0.15) is 0 Å². The third-order valence-electron chi connectivity index (χ3n) is 1.99. The van der Waals surface area contributed by atoms with Crippen LogP contribution in [0.5, 0.6) is 0 Å². The van der Waals surface area contributed by atoms with E-state index >= 15 is 0 Å². The van der Waals surface area contributed by atoms with Crippen molar-refractivity contribution in [2.75, 3.05) is 0 Å². The molecular formula is C13H17NO. The normalized spacial score (nSPS) is 11.9. The molecule has 0 aliphatic heterocycles. The number of carbonyl (C=O) groups excluding carboxylic acids is 1. The molecule has 1 aromatic carbocycles. The summed E-state index contributed by atoms with van der Waals surface area (Å²) in [5.41, 5.74) is 6.83. The van der Waals surface area contributed by atoms with Gasteiger partial charge < -0.3 is 5.73 Å². The molecule has 0 aliphatic rings. The molecule has 0 unspecified atom stereocenters. The van der Waals surface area contributed by atoms with Crippen LogP contribution in [0.25, 0.3) is 6.08 Å². The lowest BCUT2D eigenvalue weighted by molar-refractivity contribution is 0.1000. The highest BCUT2D eigenvalue weighted by Crippen LogP contribution is 2.18. The van der Waals surface area contributed by atoms with E-state index in [1.807, 2.05) is 24.3 Å². The van der Waals surface area contributed by atoms with Gasteiger partial charge in [-0.05, 0) is 17.0 Å². The first kappa shape index (κ1) is 11.5. The van der Waals surface area contributed by atoms with Crippen LogP contribution in [-0.4, -0.2) is 5.91 Å². The minimum atomic E-state index is -0.385. The number of primary amides is 1. The van der Waals surface area contributed by atoms with Gasteiger partial charge in [-0.2, -0.15) is 0 Å². The van der Waals surface area contributed by atoms with Crippen molar-refractivity contribution in [3.05, 3.63) is 41.5 Å². The topological polar surface area (TPSA) is 43.1 Å². The monoisotopic (exact) mass is 203 g/mol. The van der Waals surface area contributed by atoms with Crippen molar-refractivity contribution < 1.29 is 4.79 Å². The largest absolute Gasteiger partial charge is 0.366 e. The smallest absolute Gasteiger partial charge is 0.249 e. The predicted octanol–water partition coefficient (Wildman–Crippen LogP) is 2.84. The van der Waals surface area contributed by atoms with Crippen molar-refractivity contribution in [3.8, 4) is 0 Å². The van der Waals surface area contributed by atoms with Gasteiger partial charge in [0.05, 0.1) is 0 Å². The summed E-state index contributed by atoms with van der Waals surface area (Å²) in [6.07, 6.45) is 4.01. The summed E-state index contributed by atoms with van der Waals surface area (Å²) >= 11 is 0. The Labute approximate surface area is 90.8 Å². The van der Waals surface area contributed by atoms with E-state index in [1.165, 1.54) is 0 Å². The zero-order valence-corrected chi connectivity index (χ0v) is 9.45. The van der Waals surface area contributed by atoms with Crippen molar-refractivity contribution in [2.45, 2.75) is 20.8 Å². The highest BCUT2D eigenvalue weighted by molar-refractivity contribution is 5.96. The lowest BCUT2D eigenvalue weighted by atomic mass is 9.94. The van der Waals surface area contributed by atoms with E-state index in [0.717, 1.165) is 5.56 Å². The predicted molar refractivity (Wildman–Crippen MR) is 63.4 cm³/mol. The second kappa shape index (κ2) is 4.30. The molecule has 2 heteroatoms. The van der Waals surface area contributed by atoms with Gasteiger partial charge in [0, 0.05) is 5.56 Å². The standard InChI is InChI=1S/C13H17NO/c1-13(2,3)9-8-10-6-4-5-7-11(10)12(14)15/h4-9H,1-3H3,(H2,14,15). The van der Waals surface area contributed by atoms with E-state index in [-0.39, 0.29) is 11.3 Å². The second-order valence-corrected chi connectivity index (χ2v) is 4.65. The molecule has 1 aromatic rings. The lowest BCUT2D eigenvalue weighted by Gasteiger charge is -2.11. The Hall–Kier alpha value is -1.57. The van der Waals surface area contributed by atoms with Gasteiger partial charge in [0.15, 0.2) is 0 Å². The molecule has 0 atom stereocenters. The summed E-state index contributed by atoms with van der Waals surface area (Å²) in [4.78, 5) is 11.1. The van der Waals surface area contributed by atoms with Crippen LogP contribution in [-0.2, 0) is 0 Å². The molecule has 0 fully saturated rings. The Morgan fingerprint density at radius 1 is 1.27 bits per heavy atom. The Morgan fingerprint density at radius 3 is 2.40 bits per heavy atom. The van der Waals surface area contributed by atoms with Crippen LogP contribution < -0.4 is 5.73 Å². The van der Waals surface area contributed by atoms with Crippen LogP contribution in [0, 0.1) is 5.41 Å². The van der Waals surface area contributed by atoms with Crippen LogP contribution in [0.4, 0.5) is 0 Å². The van der Waals surface area contributed by atoms with Gasteiger partial charge in [-0.3, -0.25) is 4.79 Å². The number of amides is 1. The average Bonchev–Trinajstić information content (AvgIpc) is 2.14. The molecule has 0 saturated carbocycles. The number of nitrogens with two attached hydrogens (primary N) is 1. The van der Waals surface area contributed by atoms with E-state index < -0.39 is 0 Å². The first-order valence-electron chi connectivity index (χ1n) is 4.98. The molecule has 2 N–H and O–H groups in total. The van der Waals surface area contributed by atoms with E-state index in [2.05, 4.69) is 26.8 Å². The molecule has 0 bridgehead atoms. The molecule has 0 aliphatic carbocycles. The van der Waals surface area contributed by atoms with Gasteiger partial charge in [0.25, 0.3) is 0 Å². The fraction of sp³-hybridized carbons (Fsp3) is 0.308. The zero-order chi connectivity index (χ0) is 11.5. The van der Waals surface area contributed by atoms with Crippen LogP contribution >= 0.6 is 0 Å². The molecule has 1 rings (SSSR count). The number of hydrogen-bond acceptors (Lipinski definition) is 1. The van der Waals surface area contributed by atoms with E-state index in [1.54, 1.807) is 6.07 Å². The van der Waals surface area contributed by atoms with Gasteiger partial charge >= 0.3 is 0 Å². The van der Waals surface area contributed by atoms with Crippen molar-refractivity contribution in [1.29, 1.82) is 0 Å². The fourth-order valence-corrected chi connectivity index (χ4v) is 1.21.